The Bertz CT molecular complexity index is 3340. The fourth-order valence-corrected chi connectivity index (χ4v) is 22.0. The molecule has 1 saturated heterocycles. The summed E-state index contributed by atoms with van der Waals surface area (Å²) in [5.41, 5.74) is -3.86. The maximum Gasteiger partial charge on any atom is 0.424 e. The summed E-state index contributed by atoms with van der Waals surface area (Å²) in [5, 5.41) is 0. The van der Waals surface area contributed by atoms with Crippen molar-refractivity contribution in [2.75, 3.05) is 0 Å². The van der Waals surface area contributed by atoms with Gasteiger partial charge in [0.1, 0.15) is 12.7 Å². The largest absolute Gasteiger partial charge is 0.424 e. The van der Waals surface area contributed by atoms with Crippen LogP contribution in [-0.4, -0.2) is 65.9 Å². The standard InChI is InChI=1S/C34H43N3O4.C34H43N3O3.2CH4/c1-28(2)11-13-33(27(40)37-16-15-36-19-37)14-12-31(6)24(20(33)18-28)21(38)17-23-30(31,5)10-9-22-29(3,4)25(39)34(35-8)26(41-34)32(22,23)7;1-29(2)11-13-34(28(40)37-16-15-36-20-37)14-12-33(7)26(21(34)18-29)23(38)17-25-31(5)19-22(35-8)27(39)30(3,4)24(31)9-10-32(25,33)6;;/h15-17,19-20,22,24,26H,9-14,18H2,1-7H3;15-17,19-21,24,26H,9-14,18H2,1-7H3;2*1H4/t20-,22-,24-,26+,30+,31+,32-,33-,34-;21-,24-,26-,31-,32+,33+,34-;;/m00../s1/i;;1T;. The van der Waals surface area contributed by atoms with Crippen LogP contribution < -0.4 is 0 Å². The summed E-state index contributed by atoms with van der Waals surface area (Å²) in [4.78, 5) is 100. The molecule has 0 amide bonds. The number of hydrogen-bond donors (Lipinski definition) is 0. The van der Waals surface area contributed by atoms with E-state index in [2.05, 4.69) is 88.9 Å². The topological polar surface area (TPSA) is 159 Å². The van der Waals surface area contributed by atoms with E-state index in [4.69, 9.17) is 19.3 Å². The number of nitrogens with zero attached hydrogens (tertiary/aromatic N) is 6. The number of imidazole rings is 2. The van der Waals surface area contributed by atoms with Crippen molar-refractivity contribution in [2.24, 2.45) is 100 Å². The molecule has 0 radical (unpaired) electrons. The van der Waals surface area contributed by atoms with Crippen LogP contribution in [0.4, 0.5) is 0 Å². The maximum absolute atomic E-state index is 14.7. The molecule has 8 fully saturated rings. The third-order valence-corrected chi connectivity index (χ3v) is 26.9. The molecule has 0 aromatic carbocycles. The number of carbonyl (C=O) groups is 6. The second kappa shape index (κ2) is 18.3. The molecule has 13 heteroatoms. The van der Waals surface area contributed by atoms with Gasteiger partial charge in [-0.2, -0.15) is 0 Å². The minimum Gasteiger partial charge on any atom is -0.307 e. The Kier molecular flexibility index (Phi) is 13.1. The Hall–Kier alpha value is -5.40. The lowest BCUT2D eigenvalue weighted by molar-refractivity contribution is -0.168. The van der Waals surface area contributed by atoms with Gasteiger partial charge in [-0.3, -0.25) is 42.7 Å². The number of aromatic nitrogens is 4. The molecule has 13 rings (SSSR count). The molecule has 1 aliphatic heterocycles. The summed E-state index contributed by atoms with van der Waals surface area (Å²) < 4.78 is 15.2. The first-order chi connectivity index (χ1) is 38.6. The van der Waals surface area contributed by atoms with Crippen molar-refractivity contribution in [2.45, 2.75) is 213 Å². The molecule has 2 aromatic rings. The third-order valence-electron chi connectivity index (χ3n) is 26.9. The van der Waals surface area contributed by atoms with Crippen molar-refractivity contribution in [3.63, 3.8) is 0 Å². The molecule has 11 aliphatic rings. The van der Waals surface area contributed by atoms with Crippen molar-refractivity contribution in [1.82, 2.24) is 19.1 Å². The lowest BCUT2D eigenvalue weighted by Crippen LogP contribution is -2.68. The molecule has 0 N–H and O–H groups in total. The molecule has 2 aromatic heterocycles. The van der Waals surface area contributed by atoms with Gasteiger partial charge < -0.3 is 4.79 Å². The number of hydrogen-bond acceptors (Lipinski definition) is 9. The predicted octanol–water partition coefficient (Wildman–Crippen LogP) is 14.7. The van der Waals surface area contributed by atoms with E-state index in [0.29, 0.717) is 0 Å². The molecule has 83 heavy (non-hydrogen) atoms. The van der Waals surface area contributed by atoms with E-state index >= 15 is 0 Å². The average molecular weight is 1130 g/mol. The van der Waals surface area contributed by atoms with Crippen LogP contribution in [-0.2, 0) is 23.9 Å². The van der Waals surface area contributed by atoms with E-state index in [9.17, 15) is 28.8 Å². The van der Waals surface area contributed by atoms with Crippen molar-refractivity contribution in [3.8, 4) is 0 Å². The maximum atomic E-state index is 14.7. The summed E-state index contributed by atoms with van der Waals surface area (Å²) in [7, 11) is 1.25. The van der Waals surface area contributed by atoms with Gasteiger partial charge in [-0.25, -0.2) is 21.4 Å². The van der Waals surface area contributed by atoms with Crippen LogP contribution in [0.15, 0.2) is 72.5 Å². The zero-order valence-corrected chi connectivity index (χ0v) is 51.7. The van der Waals surface area contributed by atoms with Crippen LogP contribution in [0.25, 0.3) is 9.69 Å². The molecular formula is C70H94N6O7. The van der Waals surface area contributed by atoms with Gasteiger partial charge in [0.2, 0.25) is 17.5 Å². The van der Waals surface area contributed by atoms with E-state index in [0.717, 1.165) is 101 Å². The van der Waals surface area contributed by atoms with E-state index in [1.54, 1.807) is 46.6 Å². The lowest BCUT2D eigenvalue weighted by atomic mass is 9.33. The number of Topliss-reactive ketones (excluding diaryl/α,β-unsaturated/α-hetero) is 2. The second-order valence-electron chi connectivity index (χ2n) is 32.0. The fraction of sp³-hybridized carbons (Fsp3) is 0.714. The minimum absolute atomic E-state index is 0. The van der Waals surface area contributed by atoms with Gasteiger partial charge in [-0.05, 0) is 158 Å². The Labute approximate surface area is 496 Å². The number of allylic oxidation sites excluding steroid dienone is 5. The highest BCUT2D eigenvalue weighted by Gasteiger charge is 2.87. The molecule has 10 aliphatic carbocycles. The Morgan fingerprint density at radius 2 is 1.06 bits per heavy atom. The van der Waals surface area contributed by atoms with E-state index < -0.39 is 44.3 Å². The van der Waals surface area contributed by atoms with Crippen LogP contribution in [0.3, 0.4) is 0 Å². The third kappa shape index (κ3) is 7.43. The van der Waals surface area contributed by atoms with Gasteiger partial charge in [0.15, 0.2) is 23.5 Å². The highest BCUT2D eigenvalue weighted by Crippen LogP contribution is 2.79. The van der Waals surface area contributed by atoms with Crippen LogP contribution >= 0.6 is 0 Å². The molecule has 0 bridgehead atoms. The van der Waals surface area contributed by atoms with E-state index in [1.165, 1.54) is 7.40 Å². The molecule has 16 atom stereocenters. The second-order valence-corrected chi connectivity index (χ2v) is 32.0. The highest BCUT2D eigenvalue weighted by atomic mass is 16.6. The summed E-state index contributed by atoms with van der Waals surface area (Å²) in [6, 6.07) is 0. The number of carbonyl (C=O) groups excluding carboxylic acids is 6. The van der Waals surface area contributed by atoms with Crippen molar-refractivity contribution in [3.05, 3.63) is 95.3 Å². The van der Waals surface area contributed by atoms with E-state index in [1.807, 2.05) is 45.9 Å². The van der Waals surface area contributed by atoms with Gasteiger partial charge in [-0.15, -0.1) is 0 Å². The first-order valence-electron chi connectivity index (χ1n) is 31.5. The highest BCUT2D eigenvalue weighted by molar-refractivity contribution is 6.04. The Balaban J connectivity index is 0.000000180. The molecular weight excluding hydrogens is 1040 g/mol. The lowest BCUT2D eigenvalue weighted by Gasteiger charge is -2.69. The van der Waals surface area contributed by atoms with Gasteiger partial charge in [-0.1, -0.05) is 129 Å². The number of ether oxygens (including phenoxy) is 1. The van der Waals surface area contributed by atoms with Crippen LogP contribution in [0.2, 0.25) is 0 Å². The van der Waals surface area contributed by atoms with Crippen LogP contribution in [0, 0.1) is 114 Å². The zero-order chi connectivity index (χ0) is 60.7. The minimum atomic E-state index is -1.43. The average Bonchev–Trinajstić information content (AvgIpc) is 1.26. The summed E-state index contributed by atoms with van der Waals surface area (Å²) >= 11 is 0. The monoisotopic (exact) mass is 1130 g/mol. The molecule has 13 nitrogen and oxygen atoms in total. The summed E-state index contributed by atoms with van der Waals surface area (Å²) in [6.45, 7) is 46.4. The molecule has 446 valence electrons. The summed E-state index contributed by atoms with van der Waals surface area (Å²) in [6.07, 6.45) is 27.1. The van der Waals surface area contributed by atoms with Crippen molar-refractivity contribution in [1.29, 1.82) is 0 Å². The first kappa shape index (κ1) is 59.3. The van der Waals surface area contributed by atoms with Crippen molar-refractivity contribution < 1.29 is 34.9 Å². The molecule has 0 spiro atoms. The number of rotatable bonds is 2. The van der Waals surface area contributed by atoms with Gasteiger partial charge in [0.25, 0.3) is 5.78 Å². The van der Waals surface area contributed by atoms with Gasteiger partial charge in [0.05, 0.1) is 17.4 Å². The Morgan fingerprint density at radius 3 is 1.51 bits per heavy atom. The first-order valence-corrected chi connectivity index (χ1v) is 30.5. The smallest absolute Gasteiger partial charge is 0.307 e. The van der Waals surface area contributed by atoms with Crippen LogP contribution in [0.5, 0.6) is 0 Å². The predicted molar refractivity (Wildman–Crippen MR) is 318 cm³/mol. The number of ketones is 4. The zero-order valence-electron chi connectivity index (χ0n) is 52.7. The quantitative estimate of drug-likeness (QED) is 0.211. The molecule has 7 saturated carbocycles. The normalized spacial score (nSPS) is 45.0. The van der Waals surface area contributed by atoms with Gasteiger partial charge >= 0.3 is 5.72 Å². The fourth-order valence-electron chi connectivity index (χ4n) is 22.0. The molecule has 3 heterocycles. The molecule has 0 unspecified atom stereocenters. The van der Waals surface area contributed by atoms with Crippen LogP contribution in [0.1, 0.15) is 213 Å². The van der Waals surface area contributed by atoms with E-state index in [-0.39, 0.29) is 116 Å². The van der Waals surface area contributed by atoms with Crippen molar-refractivity contribution >= 4 is 34.9 Å². The SMILES string of the molecule is C.[3H]C.[C-]#[N+]C1=C[C@]2(C)C3=CC(=O)[C@@H]4[C@@H]5CC(C)(C)CC[C@]5(C(=O)n5ccnc5)CC[C@@]4(C)[C@]3(C)CC[C@H]2C(C)(C)C1=O.[C-]#[N+][C@@]12O[C@@H]1[C@]1(C)C3=CC(=O)[C@@H]4[C@@H]5CC(C)(C)CC[C@]5(C(=O)n5ccnc5)CC[C@@]4(C)[C@]3(C)CC[C@H]1C(C)(C)C2=O. The number of fused-ring (bicyclic) bond motifs is 16. The van der Waals surface area contributed by atoms with Gasteiger partial charge in [0, 0.05) is 59.7 Å². The summed E-state index contributed by atoms with van der Waals surface area (Å²) in [5.74, 6) is -0.336. The Morgan fingerprint density at radius 1 is 0.614 bits per heavy atom. The number of epoxide rings is 1.